The van der Waals surface area contributed by atoms with Crippen molar-refractivity contribution in [2.75, 3.05) is 33.4 Å². The van der Waals surface area contributed by atoms with E-state index in [-0.39, 0.29) is 53.7 Å². The maximum atomic E-state index is 14.9. The fourth-order valence-corrected chi connectivity index (χ4v) is 10.9. The third-order valence-electron chi connectivity index (χ3n) is 13.6. The number of methoxy groups -OCH3 is 1. The molecule has 2 saturated heterocycles. The van der Waals surface area contributed by atoms with Gasteiger partial charge in [0, 0.05) is 77.7 Å². The van der Waals surface area contributed by atoms with Crippen molar-refractivity contribution in [2.24, 2.45) is 28.6 Å². The number of amides is 2. The van der Waals surface area contributed by atoms with Crippen LogP contribution in [0.3, 0.4) is 0 Å². The van der Waals surface area contributed by atoms with Gasteiger partial charge in [0.05, 0.1) is 35.8 Å². The third kappa shape index (κ3) is 7.50. The quantitative estimate of drug-likeness (QED) is 0.185. The van der Waals surface area contributed by atoms with Gasteiger partial charge in [-0.05, 0) is 86.1 Å². The van der Waals surface area contributed by atoms with Crippen LogP contribution in [0.4, 0.5) is 0 Å². The largest absolute Gasteiger partial charge is 0.464 e. The van der Waals surface area contributed by atoms with Gasteiger partial charge >= 0.3 is 5.97 Å². The third-order valence-corrected chi connectivity index (χ3v) is 14.5. The van der Waals surface area contributed by atoms with Crippen LogP contribution in [-0.4, -0.2) is 87.7 Å². The van der Waals surface area contributed by atoms with Crippen molar-refractivity contribution < 1.29 is 23.9 Å². The molecular weight excluding hydrogens is 763 g/mol. The van der Waals surface area contributed by atoms with E-state index in [2.05, 4.69) is 91.4 Å². The topological polar surface area (TPSA) is 131 Å². The lowest BCUT2D eigenvalue weighted by molar-refractivity contribution is -0.156. The van der Waals surface area contributed by atoms with Crippen LogP contribution >= 0.6 is 11.3 Å². The maximum Gasteiger partial charge on any atom is 0.324 e. The van der Waals surface area contributed by atoms with E-state index < -0.39 is 23.5 Å². The molecule has 3 aromatic heterocycles. The van der Waals surface area contributed by atoms with Crippen molar-refractivity contribution in [3.63, 3.8) is 0 Å². The zero-order valence-corrected chi connectivity index (χ0v) is 36.5. The Morgan fingerprint density at radius 2 is 1.83 bits per heavy atom. The molecule has 12 nitrogen and oxygen atoms in total. The van der Waals surface area contributed by atoms with E-state index in [4.69, 9.17) is 19.4 Å². The summed E-state index contributed by atoms with van der Waals surface area (Å²) in [5.41, 5.74) is 10.1. The Morgan fingerprint density at radius 3 is 2.53 bits per heavy atom. The van der Waals surface area contributed by atoms with Crippen molar-refractivity contribution >= 4 is 40.0 Å². The predicted molar refractivity (Wildman–Crippen MR) is 228 cm³/mol. The molecule has 2 N–H and O–H groups in total. The number of carbonyl (C=O) groups excluding carboxylic acids is 3. The first-order chi connectivity index (χ1) is 28.1. The van der Waals surface area contributed by atoms with Crippen molar-refractivity contribution in [3.8, 4) is 22.5 Å². The molecule has 59 heavy (non-hydrogen) atoms. The summed E-state index contributed by atoms with van der Waals surface area (Å²) in [4.78, 5) is 55.3. The number of nitrogens with zero attached hydrogens (tertiary/aromatic N) is 5. The number of rotatable bonds is 7. The lowest BCUT2D eigenvalue weighted by atomic mass is 9.82. The molecule has 314 valence electrons. The number of benzene rings is 1. The van der Waals surface area contributed by atoms with Crippen LogP contribution in [0.5, 0.6) is 0 Å². The normalized spacial score (nSPS) is 28.7. The lowest BCUT2D eigenvalue weighted by Crippen LogP contribution is -2.65. The monoisotopic (exact) mass is 821 g/mol. The molecule has 2 aliphatic carbocycles. The van der Waals surface area contributed by atoms with Crippen molar-refractivity contribution in [2.45, 2.75) is 111 Å². The smallest absolute Gasteiger partial charge is 0.324 e. The van der Waals surface area contributed by atoms with Crippen molar-refractivity contribution in [3.05, 3.63) is 58.2 Å². The molecule has 13 heteroatoms. The summed E-state index contributed by atoms with van der Waals surface area (Å²) < 4.78 is 14.6. The number of hydrazine groups is 1. The highest BCUT2D eigenvalue weighted by molar-refractivity contribution is 7.10. The zero-order chi connectivity index (χ0) is 41.5. The first-order valence-electron chi connectivity index (χ1n) is 21.5. The molecule has 9 rings (SSSR count). The van der Waals surface area contributed by atoms with Gasteiger partial charge in [0.15, 0.2) is 0 Å². The Kier molecular flexibility index (Phi) is 10.3. The van der Waals surface area contributed by atoms with Crippen LogP contribution in [-0.2, 0) is 30.3 Å². The second-order valence-electron chi connectivity index (χ2n) is 19.6. The number of fused-ring (bicyclic) bond motifs is 6. The summed E-state index contributed by atoms with van der Waals surface area (Å²) in [6.07, 6.45) is 5.62. The number of ether oxygens (including phenoxy) is 2. The summed E-state index contributed by atoms with van der Waals surface area (Å²) in [5.74, 6) is -0.398. The second kappa shape index (κ2) is 15.1. The van der Waals surface area contributed by atoms with Gasteiger partial charge in [-0.3, -0.25) is 29.3 Å². The fourth-order valence-electron chi connectivity index (χ4n) is 9.94. The van der Waals surface area contributed by atoms with Crippen LogP contribution in [0, 0.1) is 28.6 Å². The molecule has 6 bridgehead atoms. The SMILES string of the molecule is CO[C@@H](C)c1ncccc1-c1c2c3cc(ccc3n1C1CC1)-c1csc(n1)[C@@H](N1CC(C)(C)C1)[C@H](NC(=O)C1[C@@H](C)[C@H]1C)C(=O)N1CCC[C@H](N1)C(=O)OCC(C)(C)C2. The van der Waals surface area contributed by atoms with Gasteiger partial charge < -0.3 is 19.4 Å². The molecule has 3 aliphatic heterocycles. The standard InChI is InChI=1S/C46H59N7O5S/c1-25-26(2)36(25)41(54)49-38-40(51-22-46(6,7)23-51)42-48-34(21-59-42)28-13-16-35-31(19-28)32(20-45(4,5)24-58-44(56)33-12-10-18-52(50-33)43(38)55)39(53(35)29-14-15-29)30-11-9-17-47-37(30)27(3)57-8/h9,11,13,16-17,19,21,25-27,29,33,36,38,40,50H,10,12,14-15,18,20,22-24H2,1-8H3,(H,49,54)/t25-,26+,27-,33-,36?,38-,40-/m0/s1. The highest BCUT2D eigenvalue weighted by Crippen LogP contribution is 2.49. The van der Waals surface area contributed by atoms with E-state index in [1.807, 2.05) is 19.2 Å². The molecule has 6 heterocycles. The van der Waals surface area contributed by atoms with E-state index in [1.165, 1.54) is 5.56 Å². The van der Waals surface area contributed by atoms with E-state index in [0.29, 0.717) is 31.8 Å². The van der Waals surface area contributed by atoms with Gasteiger partial charge in [-0.1, -0.05) is 47.6 Å². The fraction of sp³-hybridized carbons (Fsp3) is 0.587. The van der Waals surface area contributed by atoms with Crippen LogP contribution in [0.15, 0.2) is 41.9 Å². The molecule has 0 radical (unpaired) electrons. The number of hydrogen-bond donors (Lipinski definition) is 2. The van der Waals surface area contributed by atoms with Crippen molar-refractivity contribution in [1.29, 1.82) is 0 Å². The highest BCUT2D eigenvalue weighted by Gasteiger charge is 2.52. The lowest BCUT2D eigenvalue weighted by Gasteiger charge is -2.51. The minimum absolute atomic E-state index is 0.0538. The van der Waals surface area contributed by atoms with E-state index in [0.717, 1.165) is 70.1 Å². The van der Waals surface area contributed by atoms with E-state index >= 15 is 0 Å². The minimum Gasteiger partial charge on any atom is -0.464 e. The Bertz CT molecular complexity index is 2280. The first-order valence-corrected chi connectivity index (χ1v) is 22.4. The van der Waals surface area contributed by atoms with Gasteiger partial charge in [-0.25, -0.2) is 10.4 Å². The van der Waals surface area contributed by atoms with Crippen LogP contribution in [0.2, 0.25) is 0 Å². The molecule has 1 aromatic carbocycles. The molecule has 7 atom stereocenters. The molecule has 5 aliphatic rings. The number of likely N-dealkylation sites (tertiary alicyclic amines) is 1. The maximum absolute atomic E-state index is 14.9. The Hall–Kier alpha value is -4.17. The molecule has 4 fully saturated rings. The average molecular weight is 822 g/mol. The Balaban J connectivity index is 1.22. The number of carbonyl (C=O) groups is 3. The van der Waals surface area contributed by atoms with Gasteiger partial charge in [0.1, 0.15) is 17.1 Å². The number of thiazole rings is 1. The Labute approximate surface area is 351 Å². The Morgan fingerprint density at radius 1 is 1.07 bits per heavy atom. The van der Waals surface area contributed by atoms with Crippen LogP contribution < -0.4 is 10.7 Å². The van der Waals surface area contributed by atoms with Crippen molar-refractivity contribution in [1.82, 2.24) is 35.2 Å². The van der Waals surface area contributed by atoms with Gasteiger partial charge in [0.25, 0.3) is 5.91 Å². The summed E-state index contributed by atoms with van der Waals surface area (Å²) in [5, 5.41) is 8.84. The highest BCUT2D eigenvalue weighted by atomic mass is 32.1. The number of aromatic nitrogens is 3. The summed E-state index contributed by atoms with van der Waals surface area (Å²) >= 11 is 1.54. The number of pyridine rings is 1. The zero-order valence-electron chi connectivity index (χ0n) is 35.7. The number of cyclic esters (lactones) is 1. The van der Waals surface area contributed by atoms with Gasteiger partial charge in [-0.15, -0.1) is 11.3 Å². The number of nitrogens with one attached hydrogen (secondary N) is 2. The molecule has 1 unspecified atom stereocenters. The molecular formula is C46H59N7O5S. The van der Waals surface area contributed by atoms with Gasteiger partial charge in [0.2, 0.25) is 5.91 Å². The number of hydrogen-bond acceptors (Lipinski definition) is 10. The molecule has 2 saturated carbocycles. The average Bonchev–Trinajstić information content (AvgIpc) is 4.06. The van der Waals surface area contributed by atoms with E-state index in [9.17, 15) is 14.4 Å². The predicted octanol–water partition coefficient (Wildman–Crippen LogP) is 7.26. The summed E-state index contributed by atoms with van der Waals surface area (Å²) in [6, 6.07) is 9.09. The summed E-state index contributed by atoms with van der Waals surface area (Å²) in [6.45, 7) is 17.1. The molecule has 2 amide bonds. The number of esters is 1. The second-order valence-corrected chi connectivity index (χ2v) is 20.4. The van der Waals surface area contributed by atoms with Gasteiger partial charge in [-0.2, -0.15) is 0 Å². The van der Waals surface area contributed by atoms with E-state index in [1.54, 1.807) is 23.5 Å². The summed E-state index contributed by atoms with van der Waals surface area (Å²) in [7, 11) is 1.72. The minimum atomic E-state index is -0.912. The first kappa shape index (κ1) is 40.2. The van der Waals surface area contributed by atoms with Crippen LogP contribution in [0.1, 0.15) is 109 Å². The van der Waals surface area contributed by atoms with Crippen LogP contribution in [0.25, 0.3) is 33.4 Å². The molecule has 4 aromatic rings. The molecule has 0 spiro atoms.